The number of anilines is 4. The number of nitrogens with zero attached hydrogens (tertiary/aromatic N) is 8. The van der Waals surface area contributed by atoms with Crippen LogP contribution in [0.1, 0.15) is 11.1 Å². The van der Waals surface area contributed by atoms with E-state index in [1.165, 1.54) is 34.0 Å². The van der Waals surface area contributed by atoms with Crippen molar-refractivity contribution in [2.24, 2.45) is 0 Å². The molecule has 2 fully saturated rings. The van der Waals surface area contributed by atoms with E-state index in [0.717, 1.165) is 83.7 Å². The molecule has 0 bridgehead atoms. The quantitative estimate of drug-likeness (QED) is 0.117. The van der Waals surface area contributed by atoms with Gasteiger partial charge in [0.05, 0.1) is 12.8 Å². The van der Waals surface area contributed by atoms with Crippen LogP contribution in [0.3, 0.4) is 0 Å². The minimum absolute atomic E-state index is 0.108. The Hall–Kier alpha value is -3.28. The van der Waals surface area contributed by atoms with Gasteiger partial charge in [-0.3, -0.25) is 9.59 Å². The van der Waals surface area contributed by atoms with Gasteiger partial charge in [-0.1, -0.05) is 70.5 Å². The zero-order valence-corrected chi connectivity index (χ0v) is 30.4. The second kappa shape index (κ2) is 16.9. The molecular weight excluding hydrogens is 685 g/mol. The molecule has 16 heteroatoms. The van der Waals surface area contributed by atoms with Crippen molar-refractivity contribution in [3.63, 3.8) is 0 Å². The molecule has 48 heavy (non-hydrogen) atoms. The minimum Gasteiger partial charge on any atom is -0.369 e. The third-order valence-corrected chi connectivity index (χ3v) is 12.4. The van der Waals surface area contributed by atoms with Gasteiger partial charge in [0, 0.05) is 75.2 Å². The summed E-state index contributed by atoms with van der Waals surface area (Å²) in [5, 5.41) is 23.5. The lowest BCUT2D eigenvalue weighted by molar-refractivity contribution is -0.116. The first-order chi connectivity index (χ1) is 23.4. The number of aromatic nitrogens is 4. The fraction of sp³-hybridized carbons (Fsp3) is 0.438. The Morgan fingerprint density at radius 1 is 0.604 bits per heavy atom. The number of nitrogens with one attached hydrogen (secondary N) is 2. The van der Waals surface area contributed by atoms with Crippen molar-refractivity contribution in [3.8, 4) is 0 Å². The normalized spacial score (nSPS) is 15.9. The minimum atomic E-state index is -0.108. The van der Waals surface area contributed by atoms with Crippen molar-refractivity contribution < 1.29 is 9.59 Å². The van der Waals surface area contributed by atoms with Crippen LogP contribution in [0.15, 0.2) is 57.2 Å². The van der Waals surface area contributed by atoms with Gasteiger partial charge in [0.1, 0.15) is 0 Å². The van der Waals surface area contributed by atoms with Gasteiger partial charge in [-0.25, -0.2) is 0 Å². The fourth-order valence-corrected chi connectivity index (χ4v) is 9.02. The lowest BCUT2D eigenvalue weighted by Crippen LogP contribution is -2.44. The first-order valence-corrected chi connectivity index (χ1v) is 19.5. The van der Waals surface area contributed by atoms with Crippen LogP contribution in [-0.2, 0) is 22.4 Å². The smallest absolute Gasteiger partial charge is 0.230 e. The lowest BCUT2D eigenvalue weighted by Gasteiger charge is -2.34. The molecule has 0 atom stereocenters. The summed E-state index contributed by atoms with van der Waals surface area (Å²) in [4.78, 5) is 34.7. The number of benzene rings is 2. The first kappa shape index (κ1) is 34.6. The third-order valence-electron chi connectivity index (χ3n) is 8.18. The number of carbonyl (C=O) groups is 2. The van der Waals surface area contributed by atoms with Gasteiger partial charge >= 0.3 is 0 Å². The van der Waals surface area contributed by atoms with Crippen LogP contribution < -0.4 is 20.4 Å². The molecule has 12 nitrogen and oxygen atoms in total. The van der Waals surface area contributed by atoms with Gasteiger partial charge in [-0.2, -0.15) is 0 Å². The average molecular weight is 725 g/mol. The summed E-state index contributed by atoms with van der Waals surface area (Å²) in [5.41, 5.74) is 4.33. The van der Waals surface area contributed by atoms with Gasteiger partial charge in [0.2, 0.25) is 22.1 Å². The molecule has 2 aliphatic rings. The largest absolute Gasteiger partial charge is 0.369 e. The highest BCUT2D eigenvalue weighted by Crippen LogP contribution is 2.30. The molecule has 4 heterocycles. The summed E-state index contributed by atoms with van der Waals surface area (Å²) in [5.74, 6) is 1.36. The molecule has 2 amide bonds. The SMILES string of the molecule is CN1CCN(c2ccc(CC(=O)Nc3nnc(SCCSc4nnc(NC(=O)Cc5ccc(N6CCN(C)CC6)cc5)s4)s3)cc2)CC1. The summed E-state index contributed by atoms with van der Waals surface area (Å²) in [6.45, 7) is 8.31. The number of hydrogen-bond donors (Lipinski definition) is 2. The Labute approximate surface area is 297 Å². The predicted molar refractivity (Wildman–Crippen MR) is 198 cm³/mol. The van der Waals surface area contributed by atoms with Gasteiger partial charge in [0.25, 0.3) is 0 Å². The van der Waals surface area contributed by atoms with Crippen LogP contribution in [0.5, 0.6) is 0 Å². The Bertz CT molecular complexity index is 1510. The molecule has 0 spiro atoms. The molecule has 0 aliphatic carbocycles. The number of carbonyl (C=O) groups excluding carboxylic acids is 2. The highest BCUT2D eigenvalue weighted by Gasteiger charge is 2.17. The Morgan fingerprint density at radius 3 is 1.35 bits per heavy atom. The molecule has 6 rings (SSSR count). The summed E-state index contributed by atoms with van der Waals surface area (Å²) in [6, 6.07) is 16.5. The zero-order chi connectivity index (χ0) is 33.3. The number of likely N-dealkylation sites (N-methyl/N-ethyl adjacent to an activating group) is 2. The van der Waals surface area contributed by atoms with E-state index < -0.39 is 0 Å². The second-order valence-corrected chi connectivity index (χ2v) is 16.4. The standard InChI is InChI=1S/C32H40N10O2S4/c1-39-11-15-41(16-12-39)25-7-3-23(4-8-25)21-27(43)33-29-35-37-31(47-29)45-19-20-46-32-38-36-30(48-32)34-28(44)22-24-5-9-26(10-6-24)42-17-13-40(2)14-18-42/h3-10H,11-22H2,1-2H3,(H,33,35,43)(H,34,36,44). The highest BCUT2D eigenvalue weighted by molar-refractivity contribution is 8.04. The van der Waals surface area contributed by atoms with Crippen LogP contribution >= 0.6 is 46.2 Å². The number of amides is 2. The van der Waals surface area contributed by atoms with E-state index in [2.05, 4.69) is 89.0 Å². The van der Waals surface area contributed by atoms with Crippen molar-refractivity contribution in [1.29, 1.82) is 0 Å². The fourth-order valence-electron chi connectivity index (χ4n) is 5.37. The molecule has 2 aromatic carbocycles. The van der Waals surface area contributed by atoms with Crippen LogP contribution in [0, 0.1) is 0 Å². The number of piperazine rings is 2. The monoisotopic (exact) mass is 724 g/mol. The van der Waals surface area contributed by atoms with Crippen LogP contribution in [0.25, 0.3) is 0 Å². The Morgan fingerprint density at radius 2 is 0.979 bits per heavy atom. The van der Waals surface area contributed by atoms with E-state index in [4.69, 9.17) is 0 Å². The molecule has 2 aromatic heterocycles. The summed E-state index contributed by atoms with van der Waals surface area (Å²) < 4.78 is 1.59. The van der Waals surface area contributed by atoms with Crippen LogP contribution in [0.2, 0.25) is 0 Å². The maximum absolute atomic E-state index is 12.6. The molecule has 254 valence electrons. The summed E-state index contributed by atoms with van der Waals surface area (Å²) >= 11 is 5.91. The summed E-state index contributed by atoms with van der Waals surface area (Å²) in [7, 11) is 4.30. The zero-order valence-electron chi connectivity index (χ0n) is 27.1. The van der Waals surface area contributed by atoms with Gasteiger partial charge in [-0.05, 0) is 49.5 Å². The molecule has 4 aromatic rings. The van der Waals surface area contributed by atoms with Gasteiger partial charge in [-0.15, -0.1) is 20.4 Å². The number of rotatable bonds is 13. The molecule has 0 saturated carbocycles. The molecule has 2 saturated heterocycles. The number of thioether (sulfide) groups is 2. The van der Waals surface area contributed by atoms with E-state index in [1.54, 1.807) is 23.5 Å². The average Bonchev–Trinajstić information content (AvgIpc) is 3.73. The first-order valence-electron chi connectivity index (χ1n) is 15.9. The Balaban J connectivity index is 0.866. The van der Waals surface area contributed by atoms with Gasteiger partial charge in [0.15, 0.2) is 8.68 Å². The maximum atomic E-state index is 12.6. The van der Waals surface area contributed by atoms with Crippen molar-refractivity contribution >= 4 is 79.6 Å². The highest BCUT2D eigenvalue weighted by atomic mass is 32.2. The van der Waals surface area contributed by atoms with Crippen LogP contribution in [0.4, 0.5) is 21.6 Å². The lowest BCUT2D eigenvalue weighted by atomic mass is 10.1. The number of hydrogen-bond acceptors (Lipinski definition) is 14. The van der Waals surface area contributed by atoms with Crippen molar-refractivity contribution in [3.05, 3.63) is 59.7 Å². The molecule has 2 aliphatic heterocycles. The molecular formula is C32H40N10O2S4. The van der Waals surface area contributed by atoms with E-state index in [1.807, 2.05) is 24.3 Å². The van der Waals surface area contributed by atoms with Gasteiger partial charge < -0.3 is 30.2 Å². The van der Waals surface area contributed by atoms with E-state index in [-0.39, 0.29) is 24.7 Å². The van der Waals surface area contributed by atoms with E-state index >= 15 is 0 Å². The molecule has 2 N–H and O–H groups in total. The van der Waals surface area contributed by atoms with E-state index in [9.17, 15) is 9.59 Å². The van der Waals surface area contributed by atoms with Crippen LogP contribution in [-0.4, -0.2) is 120 Å². The third kappa shape index (κ3) is 10.1. The van der Waals surface area contributed by atoms with Crippen molar-refractivity contribution in [2.45, 2.75) is 21.5 Å². The topological polar surface area (TPSA) is 123 Å². The Kier molecular flexibility index (Phi) is 12.2. The van der Waals surface area contributed by atoms with E-state index in [0.29, 0.717) is 10.3 Å². The maximum Gasteiger partial charge on any atom is 0.230 e. The van der Waals surface area contributed by atoms with Crippen molar-refractivity contribution in [2.75, 3.05) is 98.4 Å². The molecule has 0 radical (unpaired) electrons. The molecule has 0 unspecified atom stereocenters. The summed E-state index contributed by atoms with van der Waals surface area (Å²) in [6.07, 6.45) is 0.576. The van der Waals surface area contributed by atoms with Crippen molar-refractivity contribution in [1.82, 2.24) is 30.2 Å². The second-order valence-electron chi connectivity index (χ2n) is 11.8. The predicted octanol–water partition coefficient (Wildman–Crippen LogP) is 4.14.